The van der Waals surface area contributed by atoms with Crippen LogP contribution in [-0.4, -0.2) is 25.2 Å². The van der Waals surface area contributed by atoms with Gasteiger partial charge in [0.1, 0.15) is 11.5 Å². The van der Waals surface area contributed by atoms with Crippen molar-refractivity contribution in [2.24, 2.45) is 0 Å². The minimum absolute atomic E-state index is 0.00336. The summed E-state index contributed by atoms with van der Waals surface area (Å²) in [6, 6.07) is 12.6. The highest BCUT2D eigenvalue weighted by Crippen LogP contribution is 2.56. The lowest BCUT2D eigenvalue weighted by atomic mass is 9.73. The maximum absolute atomic E-state index is 14.2. The predicted octanol–water partition coefficient (Wildman–Crippen LogP) is 6.03. The molecule has 178 valence electrons. The van der Waals surface area contributed by atoms with Crippen molar-refractivity contribution in [3.05, 3.63) is 83.9 Å². The van der Waals surface area contributed by atoms with Crippen LogP contribution in [-0.2, 0) is 15.0 Å². The van der Waals surface area contributed by atoms with Gasteiger partial charge < -0.3 is 15.4 Å². The maximum atomic E-state index is 14.2. The number of hydrogen-bond donors (Lipinski definition) is 2. The molecule has 3 rings (SSSR count). The summed E-state index contributed by atoms with van der Waals surface area (Å²) in [5.74, 6) is 0.254. The van der Waals surface area contributed by atoms with Crippen LogP contribution in [0.3, 0.4) is 0 Å². The van der Waals surface area contributed by atoms with Crippen LogP contribution < -0.4 is 15.4 Å². The number of alkyl halides is 6. The molecule has 0 spiro atoms. The normalized spacial score (nSPS) is 12.1. The minimum Gasteiger partial charge on any atom is -0.457 e. The molecule has 5 nitrogen and oxygen atoms in total. The highest BCUT2D eigenvalue weighted by atomic mass is 19.4. The van der Waals surface area contributed by atoms with Crippen molar-refractivity contribution in [2.45, 2.75) is 17.8 Å². The SMILES string of the molecule is O=CNc1ccc(Oc2ccc(C(c3ccc(NC=O)cc3)(C(F)(F)F)C(F)(F)F)cc2)cc1. The fourth-order valence-corrected chi connectivity index (χ4v) is 3.46. The van der Waals surface area contributed by atoms with E-state index in [1.807, 2.05) is 0 Å². The molecule has 0 heterocycles. The van der Waals surface area contributed by atoms with E-state index < -0.39 is 28.9 Å². The second-order valence-electron chi connectivity index (χ2n) is 7.00. The zero-order chi connectivity index (χ0) is 25.0. The molecule has 0 saturated heterocycles. The van der Waals surface area contributed by atoms with E-state index in [1.54, 1.807) is 0 Å². The summed E-state index contributed by atoms with van der Waals surface area (Å²) in [6.45, 7) is 0. The molecule has 34 heavy (non-hydrogen) atoms. The van der Waals surface area contributed by atoms with E-state index in [1.165, 1.54) is 24.3 Å². The monoisotopic (exact) mass is 482 g/mol. The average Bonchev–Trinajstić information content (AvgIpc) is 2.76. The molecular formula is C23H16F6N2O3. The van der Waals surface area contributed by atoms with Gasteiger partial charge in [0.05, 0.1) is 0 Å². The highest BCUT2D eigenvalue weighted by Gasteiger charge is 2.72. The summed E-state index contributed by atoms with van der Waals surface area (Å²) in [5.41, 5.74) is -5.93. The molecule has 3 aromatic rings. The van der Waals surface area contributed by atoms with Gasteiger partial charge in [0.25, 0.3) is 0 Å². The van der Waals surface area contributed by atoms with Gasteiger partial charge in [-0.3, -0.25) is 9.59 Å². The molecule has 0 bridgehead atoms. The van der Waals surface area contributed by atoms with Crippen LogP contribution in [0.4, 0.5) is 37.7 Å². The third-order valence-corrected chi connectivity index (χ3v) is 5.00. The molecule has 0 aliphatic heterocycles. The van der Waals surface area contributed by atoms with E-state index in [-0.39, 0.29) is 23.6 Å². The van der Waals surface area contributed by atoms with Crippen LogP contribution in [0, 0.1) is 0 Å². The average molecular weight is 482 g/mol. The maximum Gasteiger partial charge on any atom is 0.411 e. The quantitative estimate of drug-likeness (QED) is 0.305. The van der Waals surface area contributed by atoms with Crippen molar-refractivity contribution in [1.82, 2.24) is 0 Å². The Morgan fingerprint density at radius 3 is 1.24 bits per heavy atom. The standard InChI is InChI=1S/C23H16F6N2O3/c24-22(25,26)21(23(27,28)29,15-1-5-17(6-2-15)30-13-32)16-3-9-19(10-4-16)34-20-11-7-18(8-12-20)31-14-33/h1-14H,(H,30,32)(H,31,33). The zero-order valence-corrected chi connectivity index (χ0v) is 17.1. The Morgan fingerprint density at radius 2 is 0.882 bits per heavy atom. The van der Waals surface area contributed by atoms with E-state index >= 15 is 0 Å². The summed E-state index contributed by atoms with van der Waals surface area (Å²) in [7, 11) is 0. The molecular weight excluding hydrogens is 466 g/mol. The third kappa shape index (κ3) is 4.68. The number of rotatable bonds is 8. The van der Waals surface area contributed by atoms with Crippen molar-refractivity contribution in [1.29, 1.82) is 0 Å². The second-order valence-corrected chi connectivity index (χ2v) is 7.00. The van der Waals surface area contributed by atoms with Crippen molar-refractivity contribution in [3.63, 3.8) is 0 Å². The Balaban J connectivity index is 2.02. The number of carbonyl (C=O) groups excluding carboxylic acids is 2. The Hall–Kier alpha value is -4.02. The van der Waals surface area contributed by atoms with Gasteiger partial charge in [0.2, 0.25) is 18.2 Å². The number of amides is 2. The molecule has 0 fully saturated rings. The van der Waals surface area contributed by atoms with Gasteiger partial charge in [-0.2, -0.15) is 26.3 Å². The molecule has 0 atom stereocenters. The highest BCUT2D eigenvalue weighted by molar-refractivity contribution is 5.72. The van der Waals surface area contributed by atoms with Crippen LogP contribution in [0.1, 0.15) is 11.1 Å². The van der Waals surface area contributed by atoms with Crippen LogP contribution in [0.25, 0.3) is 0 Å². The van der Waals surface area contributed by atoms with Crippen molar-refractivity contribution in [2.75, 3.05) is 10.6 Å². The fraction of sp³-hybridized carbons (Fsp3) is 0.130. The zero-order valence-electron chi connectivity index (χ0n) is 17.1. The van der Waals surface area contributed by atoms with Crippen LogP contribution >= 0.6 is 0 Å². The first-order valence-electron chi connectivity index (χ1n) is 9.55. The van der Waals surface area contributed by atoms with Crippen molar-refractivity contribution in [3.8, 4) is 11.5 Å². The molecule has 0 aromatic heterocycles. The van der Waals surface area contributed by atoms with E-state index in [0.717, 1.165) is 24.3 Å². The number of carbonyl (C=O) groups is 2. The molecule has 11 heteroatoms. The molecule has 0 aliphatic carbocycles. The largest absolute Gasteiger partial charge is 0.457 e. The van der Waals surface area contributed by atoms with E-state index in [0.29, 0.717) is 36.4 Å². The van der Waals surface area contributed by atoms with Crippen molar-refractivity contribution >= 4 is 24.2 Å². The molecule has 0 radical (unpaired) electrons. The van der Waals surface area contributed by atoms with Crippen LogP contribution in [0.15, 0.2) is 72.8 Å². The third-order valence-electron chi connectivity index (χ3n) is 5.00. The Bertz CT molecular complexity index is 1110. The van der Waals surface area contributed by atoms with Gasteiger partial charge in [-0.25, -0.2) is 0 Å². The summed E-state index contributed by atoms with van der Waals surface area (Å²) in [4.78, 5) is 20.9. The Kier molecular flexibility index (Phi) is 6.85. The summed E-state index contributed by atoms with van der Waals surface area (Å²) in [6.07, 6.45) is -10.8. The Morgan fingerprint density at radius 1 is 0.559 bits per heavy atom. The van der Waals surface area contributed by atoms with Gasteiger partial charge in [-0.15, -0.1) is 0 Å². The first-order chi connectivity index (χ1) is 16.0. The molecule has 0 saturated carbocycles. The van der Waals surface area contributed by atoms with E-state index in [2.05, 4.69) is 10.6 Å². The lowest BCUT2D eigenvalue weighted by Gasteiger charge is -2.38. The summed E-state index contributed by atoms with van der Waals surface area (Å²) >= 11 is 0. The smallest absolute Gasteiger partial charge is 0.411 e. The van der Waals surface area contributed by atoms with E-state index in [9.17, 15) is 35.9 Å². The topological polar surface area (TPSA) is 67.4 Å². The first-order valence-corrected chi connectivity index (χ1v) is 9.55. The minimum atomic E-state index is -5.74. The number of halogens is 6. The summed E-state index contributed by atoms with van der Waals surface area (Å²) < 4.78 is 90.6. The van der Waals surface area contributed by atoms with Gasteiger partial charge in [-0.05, 0) is 59.7 Å². The molecule has 0 unspecified atom stereocenters. The number of anilines is 2. The lowest BCUT2D eigenvalue weighted by Crippen LogP contribution is -2.54. The van der Waals surface area contributed by atoms with Crippen molar-refractivity contribution < 1.29 is 40.7 Å². The second kappa shape index (κ2) is 9.46. The fourth-order valence-electron chi connectivity index (χ4n) is 3.46. The molecule has 2 N–H and O–H groups in total. The Labute approximate surface area is 189 Å². The molecule has 0 aliphatic rings. The number of hydrogen-bond acceptors (Lipinski definition) is 3. The van der Waals surface area contributed by atoms with Gasteiger partial charge >= 0.3 is 12.4 Å². The van der Waals surface area contributed by atoms with E-state index in [4.69, 9.17) is 4.74 Å². The molecule has 3 aromatic carbocycles. The number of nitrogens with one attached hydrogen (secondary N) is 2. The lowest BCUT2D eigenvalue weighted by molar-refractivity contribution is -0.288. The summed E-state index contributed by atoms with van der Waals surface area (Å²) in [5, 5.41) is 4.57. The molecule has 2 amide bonds. The van der Waals surface area contributed by atoms with Gasteiger partial charge in [0.15, 0.2) is 0 Å². The van der Waals surface area contributed by atoms with Crippen LogP contribution in [0.5, 0.6) is 11.5 Å². The number of ether oxygens (including phenoxy) is 1. The van der Waals surface area contributed by atoms with Crippen LogP contribution in [0.2, 0.25) is 0 Å². The predicted molar refractivity (Wildman–Crippen MR) is 112 cm³/mol. The number of benzene rings is 3. The van der Waals surface area contributed by atoms with Gasteiger partial charge in [0, 0.05) is 11.4 Å². The first kappa shape index (κ1) is 24.6. The van der Waals surface area contributed by atoms with Gasteiger partial charge in [-0.1, -0.05) is 24.3 Å².